The smallest absolute Gasteiger partial charge is 0.226 e. The molecule has 1 amide bonds. The van der Waals surface area contributed by atoms with Crippen LogP contribution < -0.4 is 10.6 Å². The molecule has 0 aliphatic carbocycles. The summed E-state index contributed by atoms with van der Waals surface area (Å²) in [4.78, 5) is 19.3. The van der Waals surface area contributed by atoms with Crippen molar-refractivity contribution >= 4 is 40.5 Å². The van der Waals surface area contributed by atoms with Crippen LogP contribution in [0.25, 0.3) is 11.3 Å². The number of benzene rings is 2. The highest BCUT2D eigenvalue weighted by molar-refractivity contribution is 7.80. The van der Waals surface area contributed by atoms with Crippen molar-refractivity contribution in [1.29, 1.82) is 0 Å². The molecule has 0 bridgehead atoms. The Hall–Kier alpha value is -3.68. The van der Waals surface area contributed by atoms with Gasteiger partial charge in [0.15, 0.2) is 5.11 Å². The number of hydrogen-bond acceptors (Lipinski definition) is 4. The maximum atomic E-state index is 12.7. The summed E-state index contributed by atoms with van der Waals surface area (Å²) in [6.07, 6.45) is 2.03. The Morgan fingerprint density at radius 3 is 2.58 bits per heavy atom. The molecule has 0 spiro atoms. The molecule has 6 nitrogen and oxygen atoms in total. The van der Waals surface area contributed by atoms with Gasteiger partial charge in [0.1, 0.15) is 17.6 Å². The van der Waals surface area contributed by atoms with Gasteiger partial charge in [0, 0.05) is 35.4 Å². The third kappa shape index (κ3) is 5.27. The molecule has 182 valence electrons. The van der Waals surface area contributed by atoms with Crippen molar-refractivity contribution < 1.29 is 9.21 Å². The van der Waals surface area contributed by atoms with Crippen molar-refractivity contribution in [2.45, 2.75) is 25.4 Å². The number of carbonyl (C=O) groups excluding carboxylic acids is 1. The van der Waals surface area contributed by atoms with Crippen LogP contribution in [0.3, 0.4) is 0 Å². The van der Waals surface area contributed by atoms with Crippen molar-refractivity contribution in [3.63, 3.8) is 0 Å². The molecule has 0 saturated carbocycles. The summed E-state index contributed by atoms with van der Waals surface area (Å²) in [6.45, 7) is 2.44. The van der Waals surface area contributed by atoms with E-state index in [4.69, 9.17) is 28.2 Å². The molecule has 1 aliphatic heterocycles. The second-order valence-electron chi connectivity index (χ2n) is 8.69. The van der Waals surface area contributed by atoms with Crippen LogP contribution in [0.4, 0.5) is 5.69 Å². The van der Waals surface area contributed by atoms with E-state index in [0.29, 0.717) is 16.7 Å². The van der Waals surface area contributed by atoms with Crippen LogP contribution in [0.1, 0.15) is 35.5 Å². The van der Waals surface area contributed by atoms with E-state index in [1.807, 2.05) is 90.7 Å². The van der Waals surface area contributed by atoms with Gasteiger partial charge in [-0.2, -0.15) is 0 Å². The van der Waals surface area contributed by atoms with E-state index in [1.165, 1.54) is 0 Å². The van der Waals surface area contributed by atoms with Crippen molar-refractivity contribution in [3.8, 4) is 11.3 Å². The molecule has 0 unspecified atom stereocenters. The van der Waals surface area contributed by atoms with Crippen molar-refractivity contribution in [1.82, 2.24) is 15.2 Å². The highest BCUT2D eigenvalue weighted by atomic mass is 35.5. The molecular formula is C28H25ClN4O2S. The van der Waals surface area contributed by atoms with Crippen LogP contribution in [-0.4, -0.2) is 27.4 Å². The summed E-state index contributed by atoms with van der Waals surface area (Å²) >= 11 is 11.8. The third-order valence-corrected chi connectivity index (χ3v) is 6.76. The van der Waals surface area contributed by atoms with Gasteiger partial charge >= 0.3 is 0 Å². The molecule has 5 rings (SSSR count). The number of furan rings is 1. The number of anilines is 1. The normalized spacial score (nSPS) is 17.2. The predicted octanol–water partition coefficient (Wildman–Crippen LogP) is 6.30. The zero-order valence-corrected chi connectivity index (χ0v) is 21.2. The lowest BCUT2D eigenvalue weighted by molar-refractivity contribution is -0.116. The lowest BCUT2D eigenvalue weighted by Gasteiger charge is -2.25. The van der Waals surface area contributed by atoms with Gasteiger partial charge in [0.2, 0.25) is 5.91 Å². The van der Waals surface area contributed by atoms with Crippen LogP contribution in [0, 0.1) is 6.92 Å². The highest BCUT2D eigenvalue weighted by Crippen LogP contribution is 2.40. The molecule has 3 heterocycles. The standard InChI is InChI=1S/C28H25ClN4O2S/c1-18-5-11-21(12-6-18)31-25(34)15-17-33-27(26(32-28(33)36)22-4-2-3-16-30-22)24-14-13-23(35-24)19-7-9-20(29)10-8-19/h2-14,16,26-27H,15,17H2,1H3,(H,31,34)(H,32,36)/t26-,27-/m0/s1. The first-order valence-electron chi connectivity index (χ1n) is 11.7. The van der Waals surface area contributed by atoms with Crippen LogP contribution in [0.2, 0.25) is 5.02 Å². The molecule has 2 N–H and O–H groups in total. The highest BCUT2D eigenvalue weighted by Gasteiger charge is 2.41. The summed E-state index contributed by atoms with van der Waals surface area (Å²) in [5, 5.41) is 7.58. The minimum atomic E-state index is -0.263. The number of aromatic nitrogens is 1. The predicted molar refractivity (Wildman–Crippen MR) is 146 cm³/mol. The van der Waals surface area contributed by atoms with E-state index in [9.17, 15) is 4.79 Å². The van der Waals surface area contributed by atoms with Gasteiger partial charge in [0.25, 0.3) is 0 Å². The zero-order chi connectivity index (χ0) is 25.1. The van der Waals surface area contributed by atoms with E-state index in [2.05, 4.69) is 15.6 Å². The van der Waals surface area contributed by atoms with Crippen molar-refractivity contribution in [2.24, 2.45) is 0 Å². The first-order valence-corrected chi connectivity index (χ1v) is 12.5. The SMILES string of the molecule is Cc1ccc(NC(=O)CCN2C(=S)N[C@@H](c3ccccn3)[C@@H]2c2ccc(-c3ccc(Cl)cc3)o2)cc1. The topological polar surface area (TPSA) is 70.4 Å². The number of rotatable bonds is 7. The van der Waals surface area contributed by atoms with E-state index < -0.39 is 0 Å². The zero-order valence-electron chi connectivity index (χ0n) is 19.6. The van der Waals surface area contributed by atoms with Gasteiger partial charge in [-0.05, 0) is 79.8 Å². The molecule has 2 atom stereocenters. The number of amides is 1. The number of hydrogen-bond donors (Lipinski definition) is 2. The van der Waals surface area contributed by atoms with Gasteiger partial charge < -0.3 is 20.0 Å². The summed E-state index contributed by atoms with van der Waals surface area (Å²) in [5.41, 5.74) is 3.69. The fraction of sp³-hybridized carbons (Fsp3) is 0.179. The van der Waals surface area contributed by atoms with E-state index >= 15 is 0 Å². The van der Waals surface area contributed by atoms with Gasteiger partial charge in [-0.15, -0.1) is 0 Å². The van der Waals surface area contributed by atoms with E-state index in [0.717, 1.165) is 34.0 Å². The minimum absolute atomic E-state index is 0.0806. The lowest BCUT2D eigenvalue weighted by Crippen LogP contribution is -2.32. The first kappa shape index (κ1) is 24.0. The second kappa shape index (κ2) is 10.5. The summed E-state index contributed by atoms with van der Waals surface area (Å²) in [5.74, 6) is 1.39. The Bertz CT molecular complexity index is 1360. The lowest BCUT2D eigenvalue weighted by atomic mass is 10.0. The molecule has 36 heavy (non-hydrogen) atoms. The Balaban J connectivity index is 1.38. The molecule has 1 aliphatic rings. The van der Waals surface area contributed by atoms with Crippen LogP contribution in [-0.2, 0) is 4.79 Å². The Morgan fingerprint density at radius 2 is 1.86 bits per heavy atom. The number of thiocarbonyl (C=S) groups is 1. The van der Waals surface area contributed by atoms with Gasteiger partial charge in [-0.1, -0.05) is 35.4 Å². The quantitative estimate of drug-likeness (QED) is 0.281. The van der Waals surface area contributed by atoms with Gasteiger partial charge in [-0.25, -0.2) is 0 Å². The van der Waals surface area contributed by atoms with Crippen molar-refractivity contribution in [2.75, 3.05) is 11.9 Å². The van der Waals surface area contributed by atoms with Crippen LogP contribution in [0.5, 0.6) is 0 Å². The molecule has 1 fully saturated rings. The molecule has 1 saturated heterocycles. The van der Waals surface area contributed by atoms with Gasteiger partial charge in [0.05, 0.1) is 11.7 Å². The second-order valence-corrected chi connectivity index (χ2v) is 9.52. The minimum Gasteiger partial charge on any atom is -0.459 e. The average Bonchev–Trinajstić information content (AvgIpc) is 3.50. The maximum absolute atomic E-state index is 12.7. The molecule has 2 aromatic heterocycles. The largest absolute Gasteiger partial charge is 0.459 e. The number of aryl methyl sites for hydroxylation is 1. The number of nitrogens with zero attached hydrogens (tertiary/aromatic N) is 2. The van der Waals surface area contributed by atoms with Crippen LogP contribution in [0.15, 0.2) is 89.5 Å². The molecule has 0 radical (unpaired) electrons. The number of nitrogens with one attached hydrogen (secondary N) is 2. The molecular weight excluding hydrogens is 492 g/mol. The average molecular weight is 517 g/mol. The van der Waals surface area contributed by atoms with E-state index in [-0.39, 0.29) is 24.4 Å². The maximum Gasteiger partial charge on any atom is 0.226 e. The fourth-order valence-electron chi connectivity index (χ4n) is 4.32. The monoisotopic (exact) mass is 516 g/mol. The summed E-state index contributed by atoms with van der Waals surface area (Å²) in [7, 11) is 0. The third-order valence-electron chi connectivity index (χ3n) is 6.16. The summed E-state index contributed by atoms with van der Waals surface area (Å²) < 4.78 is 6.32. The Labute approximate surface area is 220 Å². The number of halogens is 1. The number of carbonyl (C=O) groups is 1. The molecule has 2 aromatic carbocycles. The molecule has 4 aromatic rings. The fourth-order valence-corrected chi connectivity index (χ4v) is 4.78. The Kier molecular flexibility index (Phi) is 7.02. The summed E-state index contributed by atoms with van der Waals surface area (Å²) in [6, 6.07) is 24.5. The van der Waals surface area contributed by atoms with Crippen LogP contribution >= 0.6 is 23.8 Å². The van der Waals surface area contributed by atoms with Gasteiger partial charge in [-0.3, -0.25) is 9.78 Å². The van der Waals surface area contributed by atoms with E-state index in [1.54, 1.807) is 6.20 Å². The number of pyridine rings is 1. The van der Waals surface area contributed by atoms with Crippen molar-refractivity contribution in [3.05, 3.63) is 107 Å². The Morgan fingerprint density at radius 1 is 1.08 bits per heavy atom. The first-order chi connectivity index (χ1) is 17.5. The molecule has 8 heteroatoms.